The summed E-state index contributed by atoms with van der Waals surface area (Å²) >= 11 is 0. The highest BCUT2D eigenvalue weighted by molar-refractivity contribution is 5.95. The lowest BCUT2D eigenvalue weighted by Gasteiger charge is -2.32. The summed E-state index contributed by atoms with van der Waals surface area (Å²) in [6.45, 7) is 13.1. The molecule has 0 spiro atoms. The van der Waals surface area contributed by atoms with E-state index in [4.69, 9.17) is 9.47 Å². The number of ketones is 1. The number of carbonyl (C=O) groups excluding carboxylic acids is 2. The second kappa shape index (κ2) is 16.3. The number of ether oxygens (including phenoxy) is 2. The molecule has 2 rings (SSSR count). The molecule has 0 fully saturated rings. The van der Waals surface area contributed by atoms with Crippen molar-refractivity contribution in [2.75, 3.05) is 46.9 Å². The lowest BCUT2D eigenvalue weighted by molar-refractivity contribution is -0.882. The molecule has 6 nitrogen and oxygen atoms in total. The molecule has 0 bridgehead atoms. The number of hydrogen-bond acceptors (Lipinski definition) is 4. The van der Waals surface area contributed by atoms with Gasteiger partial charge in [0.15, 0.2) is 23.8 Å². The van der Waals surface area contributed by atoms with Crippen LogP contribution in [0.2, 0.25) is 0 Å². The molecule has 0 radical (unpaired) electrons. The third-order valence-electron chi connectivity index (χ3n) is 6.00. The van der Waals surface area contributed by atoms with Crippen molar-refractivity contribution in [2.24, 2.45) is 0 Å². The molecule has 0 aliphatic heterocycles. The number of halogens is 1. The van der Waals surface area contributed by atoms with Gasteiger partial charge in [-0.05, 0) is 49.6 Å². The molecule has 37 heavy (non-hydrogen) atoms. The highest BCUT2D eigenvalue weighted by atomic mass is 79.9. The number of quaternary nitrogens is 1. The third kappa shape index (κ3) is 10.3. The molecule has 0 heterocycles. The fourth-order valence-electron chi connectivity index (χ4n) is 4.00. The number of benzene rings is 2. The minimum atomic E-state index is 0. The molecule has 204 valence electrons. The molecule has 7 heteroatoms. The first kappa shape index (κ1) is 32.4. The normalized spacial score (nSPS) is 10.8. The van der Waals surface area contributed by atoms with Gasteiger partial charge in [0.2, 0.25) is 0 Å². The van der Waals surface area contributed by atoms with Crippen molar-refractivity contribution < 1.29 is 40.5 Å². The fraction of sp³-hybridized carbons (Fsp3) is 0.467. The van der Waals surface area contributed by atoms with Gasteiger partial charge in [0, 0.05) is 30.6 Å². The topological polar surface area (TPSA) is 55.8 Å². The number of rotatable bonds is 16. The summed E-state index contributed by atoms with van der Waals surface area (Å²) in [4.78, 5) is 26.8. The Hall–Kier alpha value is -2.64. The largest absolute Gasteiger partial charge is 1.00 e. The Labute approximate surface area is 233 Å². The van der Waals surface area contributed by atoms with Crippen molar-refractivity contribution in [3.63, 3.8) is 0 Å². The first-order valence-electron chi connectivity index (χ1n) is 13.0. The minimum absolute atomic E-state index is 0. The number of likely N-dealkylation sites (N-methyl/N-ethyl adjacent to an activating group) is 1. The van der Waals surface area contributed by atoms with Gasteiger partial charge in [-0.1, -0.05) is 39.0 Å². The summed E-state index contributed by atoms with van der Waals surface area (Å²) in [6.07, 6.45) is 4.88. The summed E-state index contributed by atoms with van der Waals surface area (Å²) in [5.74, 6) is 2.21. The average Bonchev–Trinajstić information content (AvgIpc) is 2.85. The van der Waals surface area contributed by atoms with Crippen LogP contribution in [0.15, 0.2) is 55.1 Å². The van der Waals surface area contributed by atoms with Gasteiger partial charge in [-0.25, -0.2) is 0 Å². The van der Waals surface area contributed by atoms with Crippen LogP contribution < -0.4 is 26.5 Å². The zero-order valence-electron chi connectivity index (χ0n) is 23.1. The van der Waals surface area contributed by atoms with Crippen LogP contribution in [0, 0.1) is 0 Å². The first-order valence-corrected chi connectivity index (χ1v) is 13.0. The van der Waals surface area contributed by atoms with E-state index < -0.39 is 0 Å². The predicted molar refractivity (Wildman–Crippen MR) is 146 cm³/mol. The summed E-state index contributed by atoms with van der Waals surface area (Å²) in [5.41, 5.74) is 1.66. The molecule has 0 saturated carbocycles. The summed E-state index contributed by atoms with van der Waals surface area (Å²) in [5, 5.41) is 0. The molecule has 0 aromatic heterocycles. The molecule has 0 unspecified atom stereocenters. The Kier molecular flexibility index (Phi) is 14.2. The highest BCUT2D eigenvalue weighted by Crippen LogP contribution is 2.35. The van der Waals surface area contributed by atoms with Crippen molar-refractivity contribution in [1.29, 1.82) is 0 Å². The summed E-state index contributed by atoms with van der Waals surface area (Å²) in [6, 6.07) is 13.0. The number of allylic oxidation sites excluding steroid dienone is 1. The number of hydrogen-bond donors (Lipinski definition) is 0. The molecule has 0 aliphatic carbocycles. The third-order valence-corrected chi connectivity index (χ3v) is 6.00. The molecule has 1 amide bonds. The number of carbonyl (C=O) groups is 2. The quantitative estimate of drug-likeness (QED) is 0.176. The van der Waals surface area contributed by atoms with Gasteiger partial charge in [-0.15, -0.1) is 6.58 Å². The van der Waals surface area contributed by atoms with E-state index in [0.717, 1.165) is 31.5 Å². The number of Topliss-reactive ketones (excluding diaryl/α,β-unsaturated/α-hetero) is 1. The van der Waals surface area contributed by atoms with Gasteiger partial charge >= 0.3 is 0 Å². The van der Waals surface area contributed by atoms with Crippen LogP contribution in [0.3, 0.4) is 0 Å². The maximum atomic E-state index is 12.9. The van der Waals surface area contributed by atoms with E-state index in [1.54, 1.807) is 24.3 Å². The van der Waals surface area contributed by atoms with Gasteiger partial charge in [-0.2, -0.15) is 0 Å². The molecular formula is C30H43BrN2O4. The highest BCUT2D eigenvalue weighted by Gasteiger charge is 2.24. The van der Waals surface area contributed by atoms with Crippen LogP contribution in [-0.2, 0) is 11.2 Å². The monoisotopic (exact) mass is 574 g/mol. The molecule has 0 aliphatic rings. The smallest absolute Gasteiger partial charge is 0.277 e. The summed E-state index contributed by atoms with van der Waals surface area (Å²) in [7, 11) is 4.12. The van der Waals surface area contributed by atoms with Crippen LogP contribution in [0.1, 0.15) is 56.0 Å². The van der Waals surface area contributed by atoms with Crippen LogP contribution in [0.5, 0.6) is 17.2 Å². The second-order valence-electron chi connectivity index (χ2n) is 9.69. The van der Waals surface area contributed by atoms with E-state index in [-0.39, 0.29) is 28.7 Å². The molecule has 0 atom stereocenters. The maximum Gasteiger partial charge on any atom is 0.277 e. The van der Waals surface area contributed by atoms with Crippen molar-refractivity contribution in [2.45, 2.75) is 46.5 Å². The number of amides is 1. The van der Waals surface area contributed by atoms with E-state index in [2.05, 4.69) is 34.5 Å². The Morgan fingerprint density at radius 1 is 1.00 bits per heavy atom. The van der Waals surface area contributed by atoms with Crippen molar-refractivity contribution in [1.82, 2.24) is 4.90 Å². The van der Waals surface area contributed by atoms with E-state index in [1.807, 2.05) is 36.1 Å². The minimum Gasteiger partial charge on any atom is -1.00 e. The Morgan fingerprint density at radius 3 is 2.22 bits per heavy atom. The maximum absolute atomic E-state index is 12.9. The SMILES string of the molecule is C=CCc1cccc(Oc2ccc(C(=O)CC)cc2)c1OCC[N+](C)(C)CC(=O)N(CCC)CCC.[Br-]. The molecule has 0 saturated heterocycles. The van der Waals surface area contributed by atoms with E-state index in [1.165, 1.54) is 0 Å². The Bertz CT molecular complexity index is 999. The van der Waals surface area contributed by atoms with Crippen molar-refractivity contribution >= 4 is 11.7 Å². The molecule has 0 N–H and O–H groups in total. The predicted octanol–water partition coefficient (Wildman–Crippen LogP) is 2.91. The summed E-state index contributed by atoms with van der Waals surface area (Å²) < 4.78 is 13.0. The molecule has 2 aromatic rings. The van der Waals surface area contributed by atoms with Crippen LogP contribution in [-0.4, -0.2) is 68.0 Å². The van der Waals surface area contributed by atoms with Gasteiger partial charge in [0.05, 0.1) is 14.1 Å². The zero-order chi connectivity index (χ0) is 26.6. The van der Waals surface area contributed by atoms with Crippen molar-refractivity contribution in [3.05, 3.63) is 66.2 Å². The lowest BCUT2D eigenvalue weighted by atomic mass is 10.1. The van der Waals surface area contributed by atoms with Crippen LogP contribution >= 0.6 is 0 Å². The van der Waals surface area contributed by atoms with E-state index >= 15 is 0 Å². The second-order valence-corrected chi connectivity index (χ2v) is 9.69. The van der Waals surface area contributed by atoms with Crippen molar-refractivity contribution in [3.8, 4) is 17.2 Å². The van der Waals surface area contributed by atoms with Crippen LogP contribution in [0.25, 0.3) is 0 Å². The van der Waals surface area contributed by atoms with E-state index in [0.29, 0.717) is 59.8 Å². The fourth-order valence-corrected chi connectivity index (χ4v) is 4.00. The van der Waals surface area contributed by atoms with Gasteiger partial charge in [0.25, 0.3) is 5.91 Å². The molecule has 2 aromatic carbocycles. The Morgan fingerprint density at radius 2 is 1.65 bits per heavy atom. The van der Waals surface area contributed by atoms with Gasteiger partial charge in [-0.3, -0.25) is 9.59 Å². The lowest BCUT2D eigenvalue weighted by Crippen LogP contribution is -3.00. The van der Waals surface area contributed by atoms with Gasteiger partial charge < -0.3 is 35.8 Å². The number of nitrogens with zero attached hydrogens (tertiary/aromatic N) is 2. The average molecular weight is 576 g/mol. The van der Waals surface area contributed by atoms with Gasteiger partial charge in [0.1, 0.15) is 18.9 Å². The number of para-hydroxylation sites is 1. The molecular weight excluding hydrogens is 532 g/mol. The zero-order valence-corrected chi connectivity index (χ0v) is 24.7. The van der Waals surface area contributed by atoms with E-state index in [9.17, 15) is 9.59 Å². The first-order chi connectivity index (χ1) is 17.2. The Balaban J connectivity index is 0.00000684. The standard InChI is InChI=1S/C30H43N2O4.BrH/c1-7-12-25-13-11-14-28(36-26-17-15-24(16-18-26)27(33)10-4)30(25)35-22-21-32(5,6)23-29(34)31(19-8-2)20-9-3;/h7,11,13-18H,1,8-10,12,19-23H2,2-6H3;1H/q+1;/p-1. The van der Waals surface area contributed by atoms with Crippen LogP contribution in [0.4, 0.5) is 0 Å².